The van der Waals surface area contributed by atoms with Gasteiger partial charge in [0, 0.05) is 11.1 Å². The summed E-state index contributed by atoms with van der Waals surface area (Å²) in [4.78, 5) is 0. The van der Waals surface area contributed by atoms with Gasteiger partial charge in [-0.2, -0.15) is 0 Å². The Hall–Kier alpha value is -0.600. The summed E-state index contributed by atoms with van der Waals surface area (Å²) in [6.07, 6.45) is 2.48. The predicted molar refractivity (Wildman–Crippen MR) is 67.2 cm³/mol. The molecule has 1 aromatic carbocycles. The van der Waals surface area contributed by atoms with Crippen LogP contribution in [0.25, 0.3) is 0 Å². The Morgan fingerprint density at radius 3 is 2.62 bits per heavy atom. The maximum atomic E-state index is 13.4. The Bertz CT molecular complexity index is 339. The lowest BCUT2D eigenvalue weighted by Gasteiger charge is -2.14. The molecule has 2 N–H and O–H groups in total. The van der Waals surface area contributed by atoms with Crippen molar-refractivity contribution in [2.45, 2.75) is 39.2 Å². The second kappa shape index (κ2) is 6.21. The predicted octanol–water partition coefficient (Wildman–Crippen LogP) is 3.79. The Morgan fingerprint density at radius 2 is 2.06 bits per heavy atom. The van der Waals surface area contributed by atoms with Gasteiger partial charge >= 0.3 is 0 Å². The highest BCUT2D eigenvalue weighted by Gasteiger charge is 2.08. The lowest BCUT2D eigenvalue weighted by molar-refractivity contribution is 0.469. The van der Waals surface area contributed by atoms with Crippen molar-refractivity contribution in [3.05, 3.63) is 34.6 Å². The monoisotopic (exact) mass is 243 g/mol. The zero-order valence-corrected chi connectivity index (χ0v) is 10.6. The number of hydrogen-bond acceptors (Lipinski definition) is 1. The molecular formula is C13H19ClFN. The van der Waals surface area contributed by atoms with E-state index in [0.717, 1.165) is 12.8 Å². The first-order valence-electron chi connectivity index (χ1n) is 5.68. The molecule has 0 aliphatic carbocycles. The Balaban J connectivity index is 2.48. The van der Waals surface area contributed by atoms with Crippen LogP contribution in [0.5, 0.6) is 0 Å². The average Bonchev–Trinajstić information content (AvgIpc) is 2.15. The standard InChI is InChI=1S/C13H19ClFN/c1-9(2)7-12(16)6-4-10-3-5-11(14)8-13(10)15/h3,5,8-9,12H,4,6-7,16H2,1-2H3. The second-order valence-corrected chi connectivity index (χ2v) is 5.10. The molecule has 0 saturated heterocycles. The van der Waals surface area contributed by atoms with Gasteiger partial charge in [-0.1, -0.05) is 31.5 Å². The van der Waals surface area contributed by atoms with E-state index in [9.17, 15) is 4.39 Å². The summed E-state index contributed by atoms with van der Waals surface area (Å²) >= 11 is 5.68. The minimum Gasteiger partial charge on any atom is -0.328 e. The highest BCUT2D eigenvalue weighted by Crippen LogP contribution is 2.17. The van der Waals surface area contributed by atoms with Gasteiger partial charge < -0.3 is 5.73 Å². The minimum atomic E-state index is -0.232. The number of aryl methyl sites for hydroxylation is 1. The van der Waals surface area contributed by atoms with Crippen molar-refractivity contribution in [3.8, 4) is 0 Å². The first kappa shape index (κ1) is 13.5. The van der Waals surface area contributed by atoms with Crippen molar-refractivity contribution < 1.29 is 4.39 Å². The third kappa shape index (κ3) is 4.50. The smallest absolute Gasteiger partial charge is 0.127 e. The highest BCUT2D eigenvalue weighted by atomic mass is 35.5. The van der Waals surface area contributed by atoms with Crippen LogP contribution in [0.15, 0.2) is 18.2 Å². The molecule has 1 aromatic rings. The molecule has 90 valence electrons. The van der Waals surface area contributed by atoms with Crippen LogP contribution in [-0.4, -0.2) is 6.04 Å². The first-order chi connectivity index (χ1) is 7.49. The summed E-state index contributed by atoms with van der Waals surface area (Å²) in [7, 11) is 0. The van der Waals surface area contributed by atoms with Gasteiger partial charge in [-0.05, 0) is 42.9 Å². The summed E-state index contributed by atoms with van der Waals surface area (Å²) in [5.41, 5.74) is 6.65. The largest absolute Gasteiger partial charge is 0.328 e. The van der Waals surface area contributed by atoms with Gasteiger partial charge in [0.1, 0.15) is 5.82 Å². The molecular weight excluding hydrogens is 225 g/mol. The fourth-order valence-electron chi connectivity index (χ4n) is 1.79. The highest BCUT2D eigenvalue weighted by molar-refractivity contribution is 6.30. The van der Waals surface area contributed by atoms with Crippen LogP contribution >= 0.6 is 11.6 Å². The van der Waals surface area contributed by atoms with E-state index in [-0.39, 0.29) is 11.9 Å². The maximum absolute atomic E-state index is 13.4. The molecule has 0 bridgehead atoms. The van der Waals surface area contributed by atoms with Gasteiger partial charge in [0.25, 0.3) is 0 Å². The fraction of sp³-hybridized carbons (Fsp3) is 0.538. The van der Waals surface area contributed by atoms with E-state index in [0.29, 0.717) is 22.9 Å². The van der Waals surface area contributed by atoms with Crippen LogP contribution in [0.4, 0.5) is 4.39 Å². The van der Waals surface area contributed by atoms with Crippen LogP contribution in [0, 0.1) is 11.7 Å². The van der Waals surface area contributed by atoms with Gasteiger partial charge in [-0.3, -0.25) is 0 Å². The van der Waals surface area contributed by atoms with E-state index >= 15 is 0 Å². The molecule has 0 saturated carbocycles. The summed E-state index contributed by atoms with van der Waals surface area (Å²) in [5, 5.41) is 0.438. The van der Waals surface area contributed by atoms with Gasteiger partial charge in [0.15, 0.2) is 0 Å². The molecule has 1 atom stereocenters. The van der Waals surface area contributed by atoms with Crippen molar-refractivity contribution in [3.63, 3.8) is 0 Å². The summed E-state index contributed by atoms with van der Waals surface area (Å²) in [5.74, 6) is 0.356. The Labute approximate surface area is 102 Å². The van der Waals surface area contributed by atoms with Crippen molar-refractivity contribution >= 4 is 11.6 Å². The van der Waals surface area contributed by atoms with Crippen molar-refractivity contribution in [1.82, 2.24) is 0 Å². The number of nitrogens with two attached hydrogens (primary N) is 1. The summed E-state index contributed by atoms with van der Waals surface area (Å²) in [6, 6.07) is 4.95. The number of halogens is 2. The van der Waals surface area contributed by atoms with Crippen LogP contribution < -0.4 is 5.73 Å². The Morgan fingerprint density at radius 1 is 1.38 bits per heavy atom. The first-order valence-corrected chi connectivity index (χ1v) is 6.06. The normalized spacial score (nSPS) is 13.1. The zero-order valence-electron chi connectivity index (χ0n) is 9.84. The van der Waals surface area contributed by atoms with Crippen molar-refractivity contribution in [1.29, 1.82) is 0 Å². The maximum Gasteiger partial charge on any atom is 0.127 e. The molecule has 0 aliphatic rings. The molecule has 0 heterocycles. The lowest BCUT2D eigenvalue weighted by atomic mass is 9.98. The number of rotatable bonds is 5. The fourth-order valence-corrected chi connectivity index (χ4v) is 1.95. The van der Waals surface area contributed by atoms with Gasteiger partial charge in [-0.25, -0.2) is 4.39 Å². The summed E-state index contributed by atoms with van der Waals surface area (Å²) < 4.78 is 13.4. The van der Waals surface area contributed by atoms with E-state index in [1.165, 1.54) is 6.07 Å². The zero-order chi connectivity index (χ0) is 12.1. The van der Waals surface area contributed by atoms with Crippen LogP contribution in [0.1, 0.15) is 32.3 Å². The molecule has 0 radical (unpaired) electrons. The molecule has 0 aliphatic heterocycles. The Kier molecular flexibility index (Phi) is 5.23. The van der Waals surface area contributed by atoms with Gasteiger partial charge in [0.05, 0.1) is 0 Å². The number of hydrogen-bond donors (Lipinski definition) is 1. The molecule has 0 aromatic heterocycles. The van der Waals surface area contributed by atoms with Crippen LogP contribution in [0.3, 0.4) is 0 Å². The van der Waals surface area contributed by atoms with Crippen LogP contribution in [0.2, 0.25) is 5.02 Å². The molecule has 1 nitrogen and oxygen atoms in total. The molecule has 3 heteroatoms. The average molecular weight is 244 g/mol. The molecule has 0 amide bonds. The van der Waals surface area contributed by atoms with E-state index < -0.39 is 0 Å². The topological polar surface area (TPSA) is 26.0 Å². The molecule has 0 fully saturated rings. The molecule has 1 unspecified atom stereocenters. The van der Waals surface area contributed by atoms with E-state index in [4.69, 9.17) is 17.3 Å². The van der Waals surface area contributed by atoms with E-state index in [2.05, 4.69) is 13.8 Å². The van der Waals surface area contributed by atoms with E-state index in [1.54, 1.807) is 12.1 Å². The van der Waals surface area contributed by atoms with Crippen molar-refractivity contribution in [2.24, 2.45) is 11.7 Å². The summed E-state index contributed by atoms with van der Waals surface area (Å²) in [6.45, 7) is 4.28. The lowest BCUT2D eigenvalue weighted by Crippen LogP contribution is -2.22. The quantitative estimate of drug-likeness (QED) is 0.837. The third-order valence-corrected chi connectivity index (χ3v) is 2.81. The number of benzene rings is 1. The van der Waals surface area contributed by atoms with Crippen LogP contribution in [-0.2, 0) is 6.42 Å². The molecule has 16 heavy (non-hydrogen) atoms. The molecule has 1 rings (SSSR count). The van der Waals surface area contributed by atoms with Gasteiger partial charge in [0.2, 0.25) is 0 Å². The second-order valence-electron chi connectivity index (χ2n) is 4.66. The van der Waals surface area contributed by atoms with Crippen molar-refractivity contribution in [2.75, 3.05) is 0 Å². The third-order valence-electron chi connectivity index (χ3n) is 2.57. The molecule has 0 spiro atoms. The SMILES string of the molecule is CC(C)CC(N)CCc1ccc(Cl)cc1F. The minimum absolute atomic E-state index is 0.148. The van der Waals surface area contributed by atoms with Gasteiger partial charge in [-0.15, -0.1) is 0 Å². The van der Waals surface area contributed by atoms with E-state index in [1.807, 2.05) is 0 Å².